The van der Waals surface area contributed by atoms with Gasteiger partial charge < -0.3 is 10.1 Å². The number of nitrogens with one attached hydrogen (secondary N) is 1. The van der Waals surface area contributed by atoms with Crippen molar-refractivity contribution in [1.82, 2.24) is 5.32 Å². The molecule has 2 atom stereocenters. The molecule has 1 aliphatic rings. The van der Waals surface area contributed by atoms with E-state index in [2.05, 4.69) is 18.2 Å². The number of ether oxygens (including phenoxy) is 1. The average molecular weight is 223 g/mol. The van der Waals surface area contributed by atoms with Crippen molar-refractivity contribution in [2.45, 2.75) is 64.0 Å². The summed E-state index contributed by atoms with van der Waals surface area (Å²) in [5, 5.41) is 3.60. The largest absolute Gasteiger partial charge is 0.377 e. The molecule has 1 aliphatic heterocycles. The molecule has 1 saturated heterocycles. The van der Waals surface area contributed by atoms with Gasteiger partial charge in [0.15, 0.2) is 0 Å². The van der Waals surface area contributed by atoms with Gasteiger partial charge in [0, 0.05) is 19.1 Å². The van der Waals surface area contributed by atoms with Gasteiger partial charge in [-0.2, -0.15) is 0 Å². The van der Waals surface area contributed by atoms with Crippen LogP contribution in [0.5, 0.6) is 0 Å². The van der Waals surface area contributed by atoms with Crippen LogP contribution in [0, 0.1) is 12.3 Å². The van der Waals surface area contributed by atoms with Gasteiger partial charge in [0.05, 0.1) is 6.10 Å². The molecule has 0 aromatic heterocycles. The van der Waals surface area contributed by atoms with Crippen LogP contribution in [0.2, 0.25) is 0 Å². The Kier molecular flexibility index (Phi) is 7.29. The Bertz CT molecular complexity index is 203. The molecule has 0 amide bonds. The maximum absolute atomic E-state index is 5.85. The topological polar surface area (TPSA) is 21.3 Å². The summed E-state index contributed by atoms with van der Waals surface area (Å²) >= 11 is 0. The highest BCUT2D eigenvalue weighted by Crippen LogP contribution is 2.19. The van der Waals surface area contributed by atoms with Crippen molar-refractivity contribution in [2.75, 3.05) is 13.2 Å². The van der Waals surface area contributed by atoms with E-state index in [1.807, 2.05) is 0 Å². The molecule has 2 unspecified atom stereocenters. The number of unbranched alkanes of at least 4 members (excludes halogenated alkanes) is 1. The van der Waals surface area contributed by atoms with Crippen LogP contribution in [0.1, 0.15) is 51.9 Å². The van der Waals surface area contributed by atoms with Crippen LogP contribution in [-0.4, -0.2) is 25.3 Å². The first-order valence-corrected chi connectivity index (χ1v) is 6.67. The number of terminal acetylenes is 1. The average Bonchev–Trinajstić information content (AvgIpc) is 2.35. The lowest BCUT2D eigenvalue weighted by Gasteiger charge is -2.31. The SMILES string of the molecule is C#CCCCC(NCCC)C1CCCCO1. The van der Waals surface area contributed by atoms with E-state index in [1.165, 1.54) is 25.7 Å². The zero-order chi connectivity index (χ0) is 11.6. The zero-order valence-electron chi connectivity index (χ0n) is 10.5. The van der Waals surface area contributed by atoms with Crippen molar-refractivity contribution >= 4 is 0 Å². The Hall–Kier alpha value is -0.520. The third-order valence-electron chi connectivity index (χ3n) is 3.16. The lowest BCUT2D eigenvalue weighted by atomic mass is 9.97. The maximum atomic E-state index is 5.85. The molecule has 2 nitrogen and oxygen atoms in total. The summed E-state index contributed by atoms with van der Waals surface area (Å²) in [4.78, 5) is 0. The van der Waals surface area contributed by atoms with Crippen LogP contribution in [0.3, 0.4) is 0 Å². The minimum atomic E-state index is 0.415. The molecule has 0 spiro atoms. The summed E-state index contributed by atoms with van der Waals surface area (Å²) in [5.74, 6) is 2.71. The minimum Gasteiger partial charge on any atom is -0.377 e. The van der Waals surface area contributed by atoms with Crippen molar-refractivity contribution in [2.24, 2.45) is 0 Å². The quantitative estimate of drug-likeness (QED) is 0.529. The second-order valence-electron chi connectivity index (χ2n) is 4.56. The van der Waals surface area contributed by atoms with Gasteiger partial charge in [0.1, 0.15) is 0 Å². The van der Waals surface area contributed by atoms with E-state index in [1.54, 1.807) is 0 Å². The van der Waals surface area contributed by atoms with Gasteiger partial charge >= 0.3 is 0 Å². The third-order valence-corrected chi connectivity index (χ3v) is 3.16. The molecule has 1 fully saturated rings. The van der Waals surface area contributed by atoms with Crippen molar-refractivity contribution in [3.05, 3.63) is 0 Å². The molecular formula is C14H25NO. The van der Waals surface area contributed by atoms with Gasteiger partial charge in [-0.1, -0.05) is 6.92 Å². The third kappa shape index (κ3) is 5.01. The molecule has 0 radical (unpaired) electrons. The molecule has 0 bridgehead atoms. The molecular weight excluding hydrogens is 198 g/mol. The second-order valence-corrected chi connectivity index (χ2v) is 4.56. The summed E-state index contributed by atoms with van der Waals surface area (Å²) in [6.45, 7) is 4.22. The molecule has 2 heteroatoms. The highest BCUT2D eigenvalue weighted by Gasteiger charge is 2.23. The molecule has 0 aromatic rings. The monoisotopic (exact) mass is 223 g/mol. The van der Waals surface area contributed by atoms with Crippen LogP contribution in [-0.2, 0) is 4.74 Å². The van der Waals surface area contributed by atoms with Crippen molar-refractivity contribution in [1.29, 1.82) is 0 Å². The number of hydrogen-bond acceptors (Lipinski definition) is 2. The fraction of sp³-hybridized carbons (Fsp3) is 0.857. The van der Waals surface area contributed by atoms with Crippen LogP contribution < -0.4 is 5.32 Å². The van der Waals surface area contributed by atoms with E-state index in [4.69, 9.17) is 11.2 Å². The van der Waals surface area contributed by atoms with E-state index >= 15 is 0 Å². The fourth-order valence-corrected chi connectivity index (χ4v) is 2.26. The Morgan fingerprint density at radius 3 is 3.00 bits per heavy atom. The second kappa shape index (κ2) is 8.61. The van der Waals surface area contributed by atoms with Crippen molar-refractivity contribution < 1.29 is 4.74 Å². The standard InChI is InChI=1S/C14H25NO/c1-3-5-6-9-13(15-11-4-2)14-10-7-8-12-16-14/h1,13-15H,4-12H2,2H3. The highest BCUT2D eigenvalue weighted by molar-refractivity contribution is 4.86. The fourth-order valence-electron chi connectivity index (χ4n) is 2.26. The highest BCUT2D eigenvalue weighted by atomic mass is 16.5. The van der Waals surface area contributed by atoms with Crippen LogP contribution in [0.15, 0.2) is 0 Å². The minimum absolute atomic E-state index is 0.415. The van der Waals surface area contributed by atoms with E-state index in [9.17, 15) is 0 Å². The molecule has 0 aromatic carbocycles. The first-order valence-electron chi connectivity index (χ1n) is 6.67. The Morgan fingerprint density at radius 1 is 1.50 bits per heavy atom. The predicted octanol–water partition coefficient (Wildman–Crippen LogP) is 2.73. The Balaban J connectivity index is 2.32. The van der Waals surface area contributed by atoms with Crippen molar-refractivity contribution in [3.63, 3.8) is 0 Å². The molecule has 0 saturated carbocycles. The van der Waals surface area contributed by atoms with E-state index in [-0.39, 0.29) is 0 Å². The van der Waals surface area contributed by atoms with E-state index in [0.29, 0.717) is 12.1 Å². The van der Waals surface area contributed by atoms with Gasteiger partial charge in [-0.05, 0) is 45.1 Å². The molecule has 92 valence electrons. The normalized spacial score (nSPS) is 22.6. The summed E-state index contributed by atoms with van der Waals surface area (Å²) in [6.07, 6.45) is 13.8. The van der Waals surface area contributed by atoms with Gasteiger partial charge in [-0.3, -0.25) is 0 Å². The van der Waals surface area contributed by atoms with E-state index < -0.39 is 0 Å². The smallest absolute Gasteiger partial charge is 0.0728 e. The maximum Gasteiger partial charge on any atom is 0.0728 e. The lowest BCUT2D eigenvalue weighted by molar-refractivity contribution is -0.00951. The summed E-state index contributed by atoms with van der Waals surface area (Å²) in [5.41, 5.74) is 0. The van der Waals surface area contributed by atoms with Crippen LogP contribution >= 0.6 is 0 Å². The van der Waals surface area contributed by atoms with Crippen LogP contribution in [0.25, 0.3) is 0 Å². The van der Waals surface area contributed by atoms with Gasteiger partial charge in [-0.25, -0.2) is 0 Å². The summed E-state index contributed by atoms with van der Waals surface area (Å²) in [7, 11) is 0. The number of hydrogen-bond donors (Lipinski definition) is 1. The molecule has 16 heavy (non-hydrogen) atoms. The lowest BCUT2D eigenvalue weighted by Crippen LogP contribution is -2.43. The molecule has 0 aliphatic carbocycles. The van der Waals surface area contributed by atoms with Gasteiger partial charge in [0.25, 0.3) is 0 Å². The number of rotatable bonds is 7. The molecule has 1 N–H and O–H groups in total. The predicted molar refractivity (Wildman–Crippen MR) is 68.4 cm³/mol. The zero-order valence-corrected chi connectivity index (χ0v) is 10.5. The van der Waals surface area contributed by atoms with E-state index in [0.717, 1.165) is 32.4 Å². The first kappa shape index (κ1) is 13.5. The van der Waals surface area contributed by atoms with Crippen molar-refractivity contribution in [3.8, 4) is 12.3 Å². The molecule has 1 heterocycles. The Morgan fingerprint density at radius 2 is 2.38 bits per heavy atom. The van der Waals surface area contributed by atoms with Crippen LogP contribution in [0.4, 0.5) is 0 Å². The summed E-state index contributed by atoms with van der Waals surface area (Å²) in [6, 6.07) is 0.508. The van der Waals surface area contributed by atoms with Gasteiger partial charge in [0.2, 0.25) is 0 Å². The Labute approximate surface area is 100 Å². The van der Waals surface area contributed by atoms with Gasteiger partial charge in [-0.15, -0.1) is 12.3 Å². The molecule has 1 rings (SSSR count). The first-order chi connectivity index (χ1) is 7.88. The summed E-state index contributed by atoms with van der Waals surface area (Å²) < 4.78 is 5.85.